The van der Waals surface area contributed by atoms with Gasteiger partial charge in [-0.3, -0.25) is 9.59 Å². The van der Waals surface area contributed by atoms with Crippen LogP contribution >= 0.6 is 0 Å². The Labute approximate surface area is 96.9 Å². The zero-order valence-electron chi connectivity index (χ0n) is 10.2. The van der Waals surface area contributed by atoms with E-state index in [4.69, 9.17) is 4.74 Å². The molecule has 1 unspecified atom stereocenters. The van der Waals surface area contributed by atoms with Crippen LogP contribution in [0.5, 0.6) is 0 Å². The third-order valence-electron chi connectivity index (χ3n) is 2.87. The molecule has 92 valence electrons. The number of rotatable bonds is 6. The van der Waals surface area contributed by atoms with Crippen LogP contribution in [0.1, 0.15) is 39.5 Å². The number of likely N-dealkylation sites (tertiary alicyclic amines) is 1. The SMILES string of the molecule is CCCCCN1CC(C(=O)OCC)CC1=O. The lowest BCUT2D eigenvalue weighted by molar-refractivity contribution is -0.147. The highest BCUT2D eigenvalue weighted by Gasteiger charge is 2.34. The van der Waals surface area contributed by atoms with Crippen molar-refractivity contribution in [3.8, 4) is 0 Å². The average molecular weight is 227 g/mol. The summed E-state index contributed by atoms with van der Waals surface area (Å²) >= 11 is 0. The molecule has 0 aromatic carbocycles. The molecule has 1 aliphatic heterocycles. The Morgan fingerprint density at radius 3 is 2.81 bits per heavy atom. The Morgan fingerprint density at radius 1 is 1.44 bits per heavy atom. The van der Waals surface area contributed by atoms with E-state index in [2.05, 4.69) is 6.92 Å². The van der Waals surface area contributed by atoms with Crippen molar-refractivity contribution in [1.29, 1.82) is 0 Å². The Hall–Kier alpha value is -1.06. The van der Waals surface area contributed by atoms with Crippen LogP contribution in [0.15, 0.2) is 0 Å². The fraction of sp³-hybridized carbons (Fsp3) is 0.833. The second-order valence-electron chi connectivity index (χ2n) is 4.20. The maximum Gasteiger partial charge on any atom is 0.311 e. The van der Waals surface area contributed by atoms with E-state index in [0.29, 0.717) is 19.6 Å². The molecule has 1 atom stereocenters. The quantitative estimate of drug-likeness (QED) is 0.511. The average Bonchev–Trinajstić information content (AvgIpc) is 2.61. The van der Waals surface area contributed by atoms with E-state index in [-0.39, 0.29) is 17.8 Å². The largest absolute Gasteiger partial charge is 0.466 e. The Bertz CT molecular complexity index is 253. The summed E-state index contributed by atoms with van der Waals surface area (Å²) in [6, 6.07) is 0. The van der Waals surface area contributed by atoms with E-state index < -0.39 is 0 Å². The zero-order valence-corrected chi connectivity index (χ0v) is 10.2. The minimum atomic E-state index is -0.242. The smallest absolute Gasteiger partial charge is 0.311 e. The van der Waals surface area contributed by atoms with Crippen LogP contribution in [-0.2, 0) is 14.3 Å². The highest BCUT2D eigenvalue weighted by atomic mass is 16.5. The summed E-state index contributed by atoms with van der Waals surface area (Å²) in [6.07, 6.45) is 3.62. The zero-order chi connectivity index (χ0) is 12.0. The van der Waals surface area contributed by atoms with Gasteiger partial charge in [-0.05, 0) is 13.3 Å². The molecule has 1 heterocycles. The monoisotopic (exact) mass is 227 g/mol. The molecular formula is C12H21NO3. The number of esters is 1. The number of nitrogens with zero attached hydrogens (tertiary/aromatic N) is 1. The van der Waals surface area contributed by atoms with Crippen LogP contribution in [0.2, 0.25) is 0 Å². The predicted molar refractivity (Wildman–Crippen MR) is 60.8 cm³/mol. The topological polar surface area (TPSA) is 46.6 Å². The van der Waals surface area contributed by atoms with Crippen LogP contribution in [0.4, 0.5) is 0 Å². The summed E-state index contributed by atoms with van der Waals surface area (Å²) in [4.78, 5) is 24.9. The van der Waals surface area contributed by atoms with Gasteiger partial charge in [0.1, 0.15) is 0 Å². The van der Waals surface area contributed by atoms with E-state index in [9.17, 15) is 9.59 Å². The molecule has 0 saturated carbocycles. The summed E-state index contributed by atoms with van der Waals surface area (Å²) in [5, 5.41) is 0. The minimum absolute atomic E-state index is 0.0918. The van der Waals surface area contributed by atoms with Crippen LogP contribution in [-0.4, -0.2) is 36.5 Å². The molecule has 16 heavy (non-hydrogen) atoms. The van der Waals surface area contributed by atoms with Gasteiger partial charge in [-0.2, -0.15) is 0 Å². The number of hydrogen-bond donors (Lipinski definition) is 0. The van der Waals surface area contributed by atoms with Gasteiger partial charge >= 0.3 is 5.97 Å². The van der Waals surface area contributed by atoms with Crippen molar-refractivity contribution in [2.24, 2.45) is 5.92 Å². The summed E-state index contributed by atoms with van der Waals surface area (Å²) in [6.45, 7) is 5.63. The molecular weight excluding hydrogens is 206 g/mol. The lowest BCUT2D eigenvalue weighted by Gasteiger charge is -2.15. The fourth-order valence-electron chi connectivity index (χ4n) is 1.96. The van der Waals surface area contributed by atoms with E-state index in [1.807, 2.05) is 0 Å². The van der Waals surface area contributed by atoms with Crippen LogP contribution in [0.25, 0.3) is 0 Å². The first-order chi connectivity index (χ1) is 7.69. The van der Waals surface area contributed by atoms with Crippen molar-refractivity contribution < 1.29 is 14.3 Å². The molecule has 1 rings (SSSR count). The molecule has 1 saturated heterocycles. The van der Waals surface area contributed by atoms with Crippen LogP contribution in [0, 0.1) is 5.92 Å². The predicted octanol–water partition coefficient (Wildman–Crippen LogP) is 1.59. The van der Waals surface area contributed by atoms with Gasteiger partial charge in [-0.1, -0.05) is 19.8 Å². The van der Waals surface area contributed by atoms with Gasteiger partial charge in [0, 0.05) is 19.5 Å². The van der Waals surface area contributed by atoms with Gasteiger partial charge in [0.25, 0.3) is 0 Å². The second-order valence-corrected chi connectivity index (χ2v) is 4.20. The fourth-order valence-corrected chi connectivity index (χ4v) is 1.96. The molecule has 1 fully saturated rings. The molecule has 0 bridgehead atoms. The summed E-state index contributed by atoms with van der Waals surface area (Å²) in [7, 11) is 0. The molecule has 0 radical (unpaired) electrons. The highest BCUT2D eigenvalue weighted by molar-refractivity contribution is 5.86. The Morgan fingerprint density at radius 2 is 2.19 bits per heavy atom. The normalized spacial score (nSPS) is 20.2. The van der Waals surface area contributed by atoms with Gasteiger partial charge in [-0.25, -0.2) is 0 Å². The van der Waals surface area contributed by atoms with Crippen molar-refractivity contribution in [1.82, 2.24) is 4.90 Å². The molecule has 1 aliphatic rings. The van der Waals surface area contributed by atoms with Gasteiger partial charge in [0.2, 0.25) is 5.91 Å². The van der Waals surface area contributed by atoms with Gasteiger partial charge in [0.15, 0.2) is 0 Å². The summed E-state index contributed by atoms with van der Waals surface area (Å²) < 4.78 is 4.93. The maximum atomic E-state index is 11.6. The number of unbranched alkanes of at least 4 members (excludes halogenated alkanes) is 2. The molecule has 4 nitrogen and oxygen atoms in total. The first kappa shape index (κ1) is 13.0. The summed E-state index contributed by atoms with van der Waals surface area (Å²) in [5.74, 6) is -0.378. The van der Waals surface area contributed by atoms with Gasteiger partial charge < -0.3 is 9.64 Å². The first-order valence-corrected chi connectivity index (χ1v) is 6.13. The molecule has 0 aliphatic carbocycles. The number of carbonyl (C=O) groups excluding carboxylic acids is 2. The van der Waals surface area contributed by atoms with E-state index in [0.717, 1.165) is 25.8 Å². The Kier molecular flexibility index (Phi) is 5.29. The standard InChI is InChI=1S/C12H21NO3/c1-3-5-6-7-13-9-10(8-11(13)14)12(15)16-4-2/h10H,3-9H2,1-2H3. The number of amides is 1. The van der Waals surface area contributed by atoms with E-state index in [1.54, 1.807) is 11.8 Å². The highest BCUT2D eigenvalue weighted by Crippen LogP contribution is 2.19. The van der Waals surface area contributed by atoms with Gasteiger partial charge in [0.05, 0.1) is 12.5 Å². The molecule has 0 spiro atoms. The maximum absolute atomic E-state index is 11.6. The lowest BCUT2D eigenvalue weighted by atomic mass is 10.1. The van der Waals surface area contributed by atoms with Crippen molar-refractivity contribution >= 4 is 11.9 Å². The van der Waals surface area contributed by atoms with E-state index >= 15 is 0 Å². The van der Waals surface area contributed by atoms with Crippen LogP contribution in [0.3, 0.4) is 0 Å². The van der Waals surface area contributed by atoms with E-state index in [1.165, 1.54) is 0 Å². The summed E-state index contributed by atoms with van der Waals surface area (Å²) in [5.41, 5.74) is 0. The van der Waals surface area contributed by atoms with Crippen molar-refractivity contribution in [2.75, 3.05) is 19.7 Å². The number of carbonyl (C=O) groups is 2. The number of ether oxygens (including phenoxy) is 1. The van der Waals surface area contributed by atoms with Crippen molar-refractivity contribution in [3.05, 3.63) is 0 Å². The molecule has 0 N–H and O–H groups in total. The second kappa shape index (κ2) is 6.51. The third kappa shape index (κ3) is 3.51. The van der Waals surface area contributed by atoms with Crippen molar-refractivity contribution in [2.45, 2.75) is 39.5 Å². The third-order valence-corrected chi connectivity index (χ3v) is 2.87. The molecule has 0 aromatic heterocycles. The Balaban J connectivity index is 2.35. The molecule has 0 aromatic rings. The van der Waals surface area contributed by atoms with Crippen LogP contribution < -0.4 is 0 Å². The minimum Gasteiger partial charge on any atom is -0.466 e. The van der Waals surface area contributed by atoms with Gasteiger partial charge in [-0.15, -0.1) is 0 Å². The first-order valence-electron chi connectivity index (χ1n) is 6.13. The number of hydrogen-bond acceptors (Lipinski definition) is 3. The molecule has 4 heteroatoms. The lowest BCUT2D eigenvalue weighted by Crippen LogP contribution is -2.27. The molecule has 1 amide bonds. The van der Waals surface area contributed by atoms with Crippen molar-refractivity contribution in [3.63, 3.8) is 0 Å².